The maximum Gasteiger partial charge on any atom is 0.150 e. The van der Waals surface area contributed by atoms with Crippen LogP contribution in [0.1, 0.15) is 17.7 Å². The molecule has 2 heterocycles. The van der Waals surface area contributed by atoms with Gasteiger partial charge in [0, 0.05) is 33.2 Å². The molecule has 0 spiro atoms. The topological polar surface area (TPSA) is 52.5 Å². The van der Waals surface area contributed by atoms with E-state index in [1.165, 1.54) is 5.56 Å². The van der Waals surface area contributed by atoms with E-state index in [1.54, 1.807) is 0 Å². The fourth-order valence-corrected chi connectivity index (χ4v) is 4.00. The number of aromatic nitrogens is 2. The Morgan fingerprint density at radius 2 is 1.70 bits per heavy atom. The monoisotopic (exact) mass is 362 g/mol. The first-order valence-electron chi connectivity index (χ1n) is 9.46. The molecule has 1 N–H and O–H groups in total. The first-order chi connectivity index (χ1) is 13.0. The minimum Gasteiger partial charge on any atom is -0.387 e. The van der Waals surface area contributed by atoms with Crippen molar-refractivity contribution in [2.75, 3.05) is 31.6 Å². The Labute approximate surface area is 160 Å². The van der Waals surface area contributed by atoms with E-state index in [2.05, 4.69) is 34.1 Å². The van der Waals surface area contributed by atoms with Crippen molar-refractivity contribution in [2.24, 2.45) is 0 Å². The lowest BCUT2D eigenvalue weighted by Crippen LogP contribution is -2.44. The summed E-state index contributed by atoms with van der Waals surface area (Å²) < 4.78 is 0. The number of hydrogen-bond donors (Lipinski definition) is 1. The molecule has 5 heteroatoms. The van der Waals surface area contributed by atoms with Gasteiger partial charge in [-0.2, -0.15) is 0 Å². The first kappa shape index (κ1) is 17.9. The SMILES string of the molecule is Cc1nc2ccccc2nc1N(C)CC1(O)CCN(Cc2ccccc2)C1. The second-order valence-corrected chi connectivity index (χ2v) is 7.65. The van der Waals surface area contributed by atoms with E-state index in [0.717, 1.165) is 42.1 Å². The van der Waals surface area contributed by atoms with Crippen LogP contribution in [0, 0.1) is 6.92 Å². The lowest BCUT2D eigenvalue weighted by Gasteiger charge is -2.30. The lowest BCUT2D eigenvalue weighted by atomic mass is 10.0. The van der Waals surface area contributed by atoms with Gasteiger partial charge in [-0.05, 0) is 31.0 Å². The summed E-state index contributed by atoms with van der Waals surface area (Å²) in [4.78, 5) is 13.8. The van der Waals surface area contributed by atoms with Crippen molar-refractivity contribution in [3.8, 4) is 0 Å². The molecule has 140 valence electrons. The summed E-state index contributed by atoms with van der Waals surface area (Å²) in [7, 11) is 1.99. The Kier molecular flexibility index (Phi) is 4.81. The molecule has 1 atom stereocenters. The van der Waals surface area contributed by atoms with E-state index in [0.29, 0.717) is 13.1 Å². The molecule has 1 saturated heterocycles. The van der Waals surface area contributed by atoms with Crippen molar-refractivity contribution in [2.45, 2.75) is 25.5 Å². The van der Waals surface area contributed by atoms with Gasteiger partial charge in [0.15, 0.2) is 5.82 Å². The Morgan fingerprint density at radius 1 is 1.04 bits per heavy atom. The molecule has 27 heavy (non-hydrogen) atoms. The minimum atomic E-state index is -0.733. The van der Waals surface area contributed by atoms with Gasteiger partial charge in [0.05, 0.1) is 22.3 Å². The molecule has 4 rings (SSSR count). The molecule has 0 radical (unpaired) electrons. The molecule has 5 nitrogen and oxygen atoms in total. The number of nitrogens with zero attached hydrogens (tertiary/aromatic N) is 4. The zero-order valence-corrected chi connectivity index (χ0v) is 16.0. The molecule has 3 aromatic rings. The molecule has 1 unspecified atom stereocenters. The fourth-order valence-electron chi connectivity index (χ4n) is 4.00. The number of aliphatic hydroxyl groups is 1. The number of para-hydroxylation sites is 2. The van der Waals surface area contributed by atoms with E-state index < -0.39 is 5.60 Å². The lowest BCUT2D eigenvalue weighted by molar-refractivity contribution is 0.0561. The molecule has 0 bridgehead atoms. The molecular weight excluding hydrogens is 336 g/mol. The van der Waals surface area contributed by atoms with Crippen LogP contribution in [-0.4, -0.2) is 52.3 Å². The van der Waals surface area contributed by atoms with Gasteiger partial charge in [-0.3, -0.25) is 4.90 Å². The first-order valence-corrected chi connectivity index (χ1v) is 9.46. The van der Waals surface area contributed by atoms with Crippen molar-refractivity contribution in [1.29, 1.82) is 0 Å². The van der Waals surface area contributed by atoms with Crippen LogP contribution in [0.3, 0.4) is 0 Å². The van der Waals surface area contributed by atoms with Crippen molar-refractivity contribution in [3.05, 3.63) is 65.9 Å². The zero-order valence-electron chi connectivity index (χ0n) is 16.0. The number of anilines is 1. The second kappa shape index (κ2) is 7.25. The zero-order chi connectivity index (χ0) is 18.9. The standard InChI is InChI=1S/C22H26N4O/c1-17-21(24-20-11-7-6-10-19(20)23-17)25(2)15-22(27)12-13-26(16-22)14-18-8-4-3-5-9-18/h3-11,27H,12-16H2,1-2H3. The Balaban J connectivity index is 1.46. The van der Waals surface area contributed by atoms with Gasteiger partial charge in [-0.1, -0.05) is 42.5 Å². The molecule has 1 aromatic heterocycles. The number of likely N-dealkylation sites (tertiary alicyclic amines) is 1. The molecule has 1 aliphatic rings. The summed E-state index contributed by atoms with van der Waals surface area (Å²) >= 11 is 0. The number of rotatable bonds is 5. The van der Waals surface area contributed by atoms with Crippen LogP contribution < -0.4 is 4.90 Å². The Morgan fingerprint density at radius 3 is 2.44 bits per heavy atom. The maximum atomic E-state index is 11.1. The van der Waals surface area contributed by atoms with Gasteiger partial charge in [0.2, 0.25) is 0 Å². The largest absolute Gasteiger partial charge is 0.387 e. The second-order valence-electron chi connectivity index (χ2n) is 7.65. The number of likely N-dealkylation sites (N-methyl/N-ethyl adjacent to an activating group) is 1. The number of β-amino-alcohol motifs (C(OH)–C–C–N with tert-alkyl or cyclic N) is 1. The van der Waals surface area contributed by atoms with Crippen molar-refractivity contribution in [1.82, 2.24) is 14.9 Å². The summed E-state index contributed by atoms with van der Waals surface area (Å²) in [6, 6.07) is 18.3. The van der Waals surface area contributed by atoms with Gasteiger partial charge < -0.3 is 10.0 Å². The third-order valence-corrected chi connectivity index (χ3v) is 5.27. The van der Waals surface area contributed by atoms with Gasteiger partial charge in [0.1, 0.15) is 0 Å². The minimum absolute atomic E-state index is 0.548. The van der Waals surface area contributed by atoms with E-state index in [1.807, 2.05) is 49.2 Å². The smallest absolute Gasteiger partial charge is 0.150 e. The molecular formula is C22H26N4O. The summed E-state index contributed by atoms with van der Waals surface area (Å²) in [6.07, 6.45) is 0.768. The van der Waals surface area contributed by atoms with Crippen molar-refractivity contribution < 1.29 is 5.11 Å². The number of aryl methyl sites for hydroxylation is 1. The van der Waals surface area contributed by atoms with Gasteiger partial charge in [0.25, 0.3) is 0 Å². The van der Waals surface area contributed by atoms with E-state index in [9.17, 15) is 5.11 Å². The van der Waals surface area contributed by atoms with Crippen LogP contribution in [0.15, 0.2) is 54.6 Å². The molecule has 0 aliphatic carbocycles. The van der Waals surface area contributed by atoms with Crippen molar-refractivity contribution in [3.63, 3.8) is 0 Å². The number of benzene rings is 2. The molecule has 0 saturated carbocycles. The molecule has 2 aromatic carbocycles. The van der Waals surface area contributed by atoms with Crippen LogP contribution in [0.5, 0.6) is 0 Å². The normalized spacial score (nSPS) is 20.3. The number of hydrogen-bond acceptors (Lipinski definition) is 5. The average molecular weight is 362 g/mol. The quantitative estimate of drug-likeness (QED) is 0.756. The number of fused-ring (bicyclic) bond motifs is 1. The van der Waals surface area contributed by atoms with E-state index in [4.69, 9.17) is 4.98 Å². The van der Waals surface area contributed by atoms with Crippen LogP contribution in [0.2, 0.25) is 0 Å². The van der Waals surface area contributed by atoms with Crippen LogP contribution in [-0.2, 0) is 6.54 Å². The predicted octanol–water partition coefficient (Wildman–Crippen LogP) is 3.01. The van der Waals surface area contributed by atoms with E-state index in [-0.39, 0.29) is 0 Å². The summed E-state index contributed by atoms with van der Waals surface area (Å²) in [5.41, 5.74) is 3.23. The van der Waals surface area contributed by atoms with Crippen molar-refractivity contribution >= 4 is 16.9 Å². The summed E-state index contributed by atoms with van der Waals surface area (Å²) in [6.45, 7) is 4.98. The predicted molar refractivity (Wildman–Crippen MR) is 109 cm³/mol. The summed E-state index contributed by atoms with van der Waals surface area (Å²) in [5, 5.41) is 11.1. The fraction of sp³-hybridized carbons (Fsp3) is 0.364. The van der Waals surface area contributed by atoms with Crippen LogP contribution >= 0.6 is 0 Å². The van der Waals surface area contributed by atoms with Gasteiger partial charge in [-0.25, -0.2) is 9.97 Å². The highest BCUT2D eigenvalue weighted by Gasteiger charge is 2.37. The molecule has 1 aliphatic heterocycles. The molecule has 0 amide bonds. The Hall–Kier alpha value is -2.50. The molecule has 1 fully saturated rings. The third kappa shape index (κ3) is 3.94. The summed E-state index contributed by atoms with van der Waals surface area (Å²) in [5.74, 6) is 0.837. The van der Waals surface area contributed by atoms with Gasteiger partial charge >= 0.3 is 0 Å². The highest BCUT2D eigenvalue weighted by molar-refractivity contribution is 5.76. The third-order valence-electron chi connectivity index (χ3n) is 5.27. The highest BCUT2D eigenvalue weighted by atomic mass is 16.3. The van der Waals surface area contributed by atoms with E-state index >= 15 is 0 Å². The van der Waals surface area contributed by atoms with Crippen LogP contribution in [0.25, 0.3) is 11.0 Å². The maximum absolute atomic E-state index is 11.1. The Bertz CT molecular complexity index is 930. The average Bonchev–Trinajstić information content (AvgIpc) is 3.02. The highest BCUT2D eigenvalue weighted by Crippen LogP contribution is 2.27. The van der Waals surface area contributed by atoms with Gasteiger partial charge in [-0.15, -0.1) is 0 Å². The van der Waals surface area contributed by atoms with Crippen LogP contribution in [0.4, 0.5) is 5.82 Å².